The van der Waals surface area contributed by atoms with Crippen molar-refractivity contribution in [1.82, 2.24) is 9.55 Å². The zero-order valence-electron chi connectivity index (χ0n) is 10.3. The smallest absolute Gasteiger partial charge is 0.330 e. The van der Waals surface area contributed by atoms with Crippen molar-refractivity contribution in [3.8, 4) is 0 Å². The molecule has 0 unspecified atom stereocenters. The molecule has 1 aliphatic heterocycles. The maximum Gasteiger partial charge on any atom is 0.330 e. The fourth-order valence-corrected chi connectivity index (χ4v) is 2.15. The number of ether oxygens (including phenoxy) is 1. The van der Waals surface area contributed by atoms with Crippen LogP contribution in [0.4, 0.5) is 4.39 Å². The number of nitrogens with zero attached hydrogens (tertiary/aromatic N) is 1. The van der Waals surface area contributed by atoms with Gasteiger partial charge in [-0.2, -0.15) is 0 Å². The van der Waals surface area contributed by atoms with Crippen LogP contribution in [0, 0.1) is 0 Å². The van der Waals surface area contributed by atoms with Crippen LogP contribution in [0.1, 0.15) is 12.5 Å². The Morgan fingerprint density at radius 2 is 2.32 bits per heavy atom. The summed E-state index contributed by atoms with van der Waals surface area (Å²) in [5.74, 6) is 0. The molecule has 1 fully saturated rings. The first-order chi connectivity index (χ1) is 8.96. The lowest BCUT2D eigenvalue weighted by Gasteiger charge is -2.31. The maximum absolute atomic E-state index is 13.4. The number of aromatic nitrogens is 2. The minimum atomic E-state index is -1.90. The van der Waals surface area contributed by atoms with E-state index in [1.807, 2.05) is 0 Å². The van der Waals surface area contributed by atoms with Gasteiger partial charge in [0, 0.05) is 11.8 Å². The Morgan fingerprint density at radius 1 is 1.63 bits per heavy atom. The minimum absolute atomic E-state index is 0.269. The maximum atomic E-state index is 13.4. The number of nitrogens with one attached hydrogen (secondary N) is 1. The average Bonchev–Trinajstić information content (AvgIpc) is 2.68. The second kappa shape index (κ2) is 4.87. The van der Waals surface area contributed by atoms with Crippen LogP contribution < -0.4 is 11.2 Å². The van der Waals surface area contributed by atoms with Gasteiger partial charge in [-0.15, -0.1) is 0 Å². The van der Waals surface area contributed by atoms with Gasteiger partial charge in [-0.25, -0.2) is 9.18 Å². The standard InChI is InChI=1S/C11H15FN2O5/c1-2-6-3-14(10(18)13-9(6)17)11(5-15)8(16)7(12)4-19-11/h3,7-8,15-16H,2,4-5H2,1H3,(H,13,17,18)/t7-,8-,11-/m0/s1. The van der Waals surface area contributed by atoms with Crippen LogP contribution in [0.3, 0.4) is 0 Å². The molecule has 2 rings (SSSR count). The van der Waals surface area contributed by atoms with Gasteiger partial charge in [0.1, 0.15) is 6.10 Å². The number of aryl methyl sites for hydroxylation is 1. The van der Waals surface area contributed by atoms with Gasteiger partial charge in [-0.1, -0.05) is 6.92 Å². The van der Waals surface area contributed by atoms with E-state index in [2.05, 4.69) is 4.98 Å². The fraction of sp³-hybridized carbons (Fsp3) is 0.636. The average molecular weight is 274 g/mol. The molecule has 106 valence electrons. The first kappa shape index (κ1) is 13.9. The highest BCUT2D eigenvalue weighted by Crippen LogP contribution is 2.31. The van der Waals surface area contributed by atoms with Crippen molar-refractivity contribution < 1.29 is 19.3 Å². The van der Waals surface area contributed by atoms with Gasteiger partial charge >= 0.3 is 5.69 Å². The lowest BCUT2D eigenvalue weighted by molar-refractivity contribution is -0.153. The Hall–Kier alpha value is -1.51. The third-order valence-corrected chi connectivity index (χ3v) is 3.33. The van der Waals surface area contributed by atoms with E-state index in [1.165, 1.54) is 6.20 Å². The summed E-state index contributed by atoms with van der Waals surface area (Å²) in [6.07, 6.45) is -1.88. The number of hydrogen-bond acceptors (Lipinski definition) is 5. The normalized spacial score (nSPS) is 30.7. The molecule has 0 aliphatic carbocycles. The molecule has 0 spiro atoms. The highest BCUT2D eigenvalue weighted by Gasteiger charge is 2.52. The van der Waals surface area contributed by atoms with Gasteiger partial charge in [0.15, 0.2) is 6.17 Å². The van der Waals surface area contributed by atoms with Crippen LogP contribution in [0.2, 0.25) is 0 Å². The van der Waals surface area contributed by atoms with E-state index in [0.29, 0.717) is 6.42 Å². The predicted octanol–water partition coefficient (Wildman–Crippen LogP) is -1.53. The van der Waals surface area contributed by atoms with Gasteiger partial charge in [-0.3, -0.25) is 14.3 Å². The van der Waals surface area contributed by atoms with E-state index in [9.17, 15) is 24.2 Å². The molecular formula is C11H15FN2O5. The Morgan fingerprint density at radius 3 is 2.79 bits per heavy atom. The second-order valence-electron chi connectivity index (χ2n) is 4.41. The third-order valence-electron chi connectivity index (χ3n) is 3.33. The summed E-state index contributed by atoms with van der Waals surface area (Å²) in [4.78, 5) is 25.3. The van der Waals surface area contributed by atoms with Crippen LogP contribution >= 0.6 is 0 Å². The molecule has 8 heteroatoms. The van der Waals surface area contributed by atoms with Crippen LogP contribution in [0.5, 0.6) is 0 Å². The summed E-state index contributed by atoms with van der Waals surface area (Å²) in [5, 5.41) is 19.2. The predicted molar refractivity (Wildman–Crippen MR) is 62.6 cm³/mol. The molecule has 1 aromatic rings. The van der Waals surface area contributed by atoms with Crippen LogP contribution in [-0.2, 0) is 16.9 Å². The number of aliphatic hydroxyl groups is 2. The van der Waals surface area contributed by atoms with Crippen molar-refractivity contribution in [2.45, 2.75) is 31.3 Å². The van der Waals surface area contributed by atoms with E-state index in [0.717, 1.165) is 4.57 Å². The molecule has 2 heterocycles. The highest BCUT2D eigenvalue weighted by molar-refractivity contribution is 5.08. The summed E-state index contributed by atoms with van der Waals surface area (Å²) in [7, 11) is 0. The van der Waals surface area contributed by atoms with Gasteiger partial charge < -0.3 is 14.9 Å². The minimum Gasteiger partial charge on any atom is -0.391 e. The molecule has 7 nitrogen and oxygen atoms in total. The number of halogens is 1. The topological polar surface area (TPSA) is 105 Å². The quantitative estimate of drug-likeness (QED) is 0.620. The monoisotopic (exact) mass is 274 g/mol. The molecule has 0 radical (unpaired) electrons. The molecule has 3 atom stereocenters. The zero-order chi connectivity index (χ0) is 14.2. The summed E-state index contributed by atoms with van der Waals surface area (Å²) < 4.78 is 19.3. The highest BCUT2D eigenvalue weighted by atomic mass is 19.1. The van der Waals surface area contributed by atoms with Gasteiger partial charge in [0.25, 0.3) is 5.56 Å². The van der Waals surface area contributed by atoms with Crippen molar-refractivity contribution in [3.63, 3.8) is 0 Å². The Kier molecular flexibility index (Phi) is 3.57. The van der Waals surface area contributed by atoms with Crippen molar-refractivity contribution in [3.05, 3.63) is 32.6 Å². The van der Waals surface area contributed by atoms with Gasteiger partial charge in [0.05, 0.1) is 13.2 Å². The number of hydrogen-bond donors (Lipinski definition) is 3. The molecule has 1 aromatic heterocycles. The number of alkyl halides is 1. The van der Waals surface area contributed by atoms with E-state index >= 15 is 0 Å². The van der Waals surface area contributed by atoms with Gasteiger partial charge in [0.2, 0.25) is 5.72 Å². The molecule has 3 N–H and O–H groups in total. The first-order valence-electron chi connectivity index (χ1n) is 5.88. The number of aromatic amines is 1. The summed E-state index contributed by atoms with van der Waals surface area (Å²) >= 11 is 0. The van der Waals surface area contributed by atoms with Crippen molar-refractivity contribution in [2.24, 2.45) is 0 Å². The Labute approximate surface area is 107 Å². The zero-order valence-corrected chi connectivity index (χ0v) is 10.3. The molecular weight excluding hydrogens is 259 g/mol. The second-order valence-corrected chi connectivity index (χ2v) is 4.41. The first-order valence-corrected chi connectivity index (χ1v) is 5.88. The largest absolute Gasteiger partial charge is 0.391 e. The lowest BCUT2D eigenvalue weighted by atomic mass is 10.1. The lowest BCUT2D eigenvalue weighted by Crippen LogP contribution is -2.53. The molecule has 19 heavy (non-hydrogen) atoms. The SMILES string of the molecule is CCc1cn([C@@]2(CO)OC[C@H](F)[C@@H]2O)c(=O)[nH]c1=O. The van der Waals surface area contributed by atoms with Gasteiger partial charge in [-0.05, 0) is 6.42 Å². The molecule has 0 bridgehead atoms. The molecule has 0 saturated carbocycles. The summed E-state index contributed by atoms with van der Waals surface area (Å²) in [5.41, 5.74) is -3.05. The Balaban J connectivity index is 2.63. The van der Waals surface area contributed by atoms with Crippen molar-refractivity contribution in [2.75, 3.05) is 13.2 Å². The third kappa shape index (κ3) is 2.01. The van der Waals surface area contributed by atoms with Crippen LogP contribution in [0.15, 0.2) is 15.8 Å². The number of rotatable bonds is 3. The Bertz CT molecular complexity index is 583. The van der Waals surface area contributed by atoms with E-state index in [4.69, 9.17) is 4.74 Å². The molecule has 0 amide bonds. The van der Waals surface area contributed by atoms with E-state index in [-0.39, 0.29) is 5.56 Å². The van der Waals surface area contributed by atoms with Crippen LogP contribution in [0.25, 0.3) is 0 Å². The number of aliphatic hydroxyl groups excluding tert-OH is 2. The summed E-state index contributed by atoms with van der Waals surface area (Å²) in [6.45, 7) is 0.480. The van der Waals surface area contributed by atoms with Crippen LogP contribution in [-0.4, -0.2) is 45.3 Å². The molecule has 0 aromatic carbocycles. The fourth-order valence-electron chi connectivity index (χ4n) is 2.15. The van der Waals surface area contributed by atoms with Crippen molar-refractivity contribution >= 4 is 0 Å². The van der Waals surface area contributed by atoms with E-state index < -0.39 is 42.5 Å². The van der Waals surface area contributed by atoms with Crippen molar-refractivity contribution in [1.29, 1.82) is 0 Å². The molecule has 1 saturated heterocycles. The summed E-state index contributed by atoms with van der Waals surface area (Å²) in [6, 6.07) is 0. The number of H-pyrrole nitrogens is 1. The molecule has 1 aliphatic rings. The van der Waals surface area contributed by atoms with E-state index in [1.54, 1.807) is 6.92 Å².